The molecule has 0 aliphatic heterocycles. The molecule has 0 spiro atoms. The molecule has 3 aromatic rings. The Morgan fingerprint density at radius 1 is 0.964 bits per heavy atom. The third-order valence-electron chi connectivity index (χ3n) is 4.02. The maximum Gasteiger partial charge on any atom is 0.258 e. The topological polar surface area (TPSA) is 76.1 Å². The van der Waals surface area contributed by atoms with Gasteiger partial charge in [-0.3, -0.25) is 4.79 Å². The van der Waals surface area contributed by atoms with Crippen molar-refractivity contribution < 1.29 is 9.53 Å². The monoisotopic (exact) mass is 376 g/mol. The van der Waals surface area contributed by atoms with Gasteiger partial charge in [-0.25, -0.2) is 9.97 Å². The van der Waals surface area contributed by atoms with E-state index in [0.717, 1.165) is 23.5 Å². The van der Waals surface area contributed by atoms with Crippen molar-refractivity contribution in [1.82, 2.24) is 9.97 Å². The van der Waals surface area contributed by atoms with E-state index in [9.17, 15) is 4.79 Å². The van der Waals surface area contributed by atoms with Gasteiger partial charge in [0.1, 0.15) is 5.75 Å². The van der Waals surface area contributed by atoms with Crippen LogP contribution in [0.15, 0.2) is 60.9 Å². The molecule has 2 N–H and O–H groups in total. The van der Waals surface area contributed by atoms with Gasteiger partial charge in [-0.2, -0.15) is 0 Å². The smallest absolute Gasteiger partial charge is 0.258 e. The zero-order chi connectivity index (χ0) is 19.9. The van der Waals surface area contributed by atoms with Crippen molar-refractivity contribution in [3.05, 3.63) is 72.1 Å². The lowest BCUT2D eigenvalue weighted by Crippen LogP contribution is -2.13. The highest BCUT2D eigenvalue weighted by molar-refractivity contribution is 6.03. The average Bonchev–Trinajstić information content (AvgIpc) is 2.70. The third kappa shape index (κ3) is 5.30. The number of nitrogens with one attached hydrogen (secondary N) is 2. The van der Waals surface area contributed by atoms with Crippen molar-refractivity contribution in [2.45, 2.75) is 33.3 Å². The van der Waals surface area contributed by atoms with Crippen LogP contribution in [0.1, 0.15) is 36.7 Å². The molecular weight excluding hydrogens is 352 g/mol. The predicted octanol–water partition coefficient (Wildman–Crippen LogP) is 4.82. The van der Waals surface area contributed by atoms with Crippen molar-refractivity contribution >= 4 is 23.2 Å². The number of hydrogen-bond acceptors (Lipinski definition) is 5. The van der Waals surface area contributed by atoms with Crippen LogP contribution in [-0.4, -0.2) is 22.0 Å². The molecule has 0 fully saturated rings. The summed E-state index contributed by atoms with van der Waals surface area (Å²) < 4.78 is 5.62. The number of amides is 1. The Labute approximate surface area is 165 Å². The quantitative estimate of drug-likeness (QED) is 0.618. The van der Waals surface area contributed by atoms with E-state index in [1.165, 1.54) is 18.0 Å². The molecular formula is C22H24N4O2. The highest BCUT2D eigenvalue weighted by atomic mass is 16.5. The summed E-state index contributed by atoms with van der Waals surface area (Å²) in [6.45, 7) is 6.06. The number of rotatable bonds is 7. The number of aromatic nitrogens is 2. The molecule has 144 valence electrons. The molecule has 0 bridgehead atoms. The van der Waals surface area contributed by atoms with Gasteiger partial charge in [-0.15, -0.1) is 0 Å². The first-order valence-corrected chi connectivity index (χ1v) is 9.29. The van der Waals surface area contributed by atoms with Crippen LogP contribution in [0, 0.1) is 0 Å². The number of ether oxygens (including phenoxy) is 1. The van der Waals surface area contributed by atoms with Gasteiger partial charge < -0.3 is 15.4 Å². The van der Waals surface area contributed by atoms with E-state index < -0.39 is 0 Å². The highest BCUT2D eigenvalue weighted by Gasteiger charge is 2.08. The number of carbonyl (C=O) groups excluding carboxylic acids is 1. The number of anilines is 3. The first-order valence-electron chi connectivity index (χ1n) is 9.29. The Morgan fingerprint density at radius 3 is 2.14 bits per heavy atom. The summed E-state index contributed by atoms with van der Waals surface area (Å²) in [7, 11) is 0. The van der Waals surface area contributed by atoms with E-state index in [0.29, 0.717) is 11.5 Å². The van der Waals surface area contributed by atoms with Crippen molar-refractivity contribution in [3.63, 3.8) is 0 Å². The van der Waals surface area contributed by atoms with Crippen LogP contribution in [0.5, 0.6) is 5.75 Å². The van der Waals surface area contributed by atoms with Crippen molar-refractivity contribution in [2.75, 3.05) is 10.6 Å². The Morgan fingerprint density at radius 2 is 1.57 bits per heavy atom. The first kappa shape index (κ1) is 19.4. The predicted molar refractivity (Wildman–Crippen MR) is 111 cm³/mol. The van der Waals surface area contributed by atoms with Gasteiger partial charge in [0.05, 0.1) is 11.7 Å². The molecule has 0 radical (unpaired) electrons. The number of benzene rings is 2. The molecule has 1 heterocycles. The zero-order valence-corrected chi connectivity index (χ0v) is 16.3. The van der Waals surface area contributed by atoms with Crippen LogP contribution < -0.4 is 15.4 Å². The maximum absolute atomic E-state index is 12.3. The fourth-order valence-electron chi connectivity index (χ4n) is 2.55. The largest absolute Gasteiger partial charge is 0.491 e. The number of nitrogens with zero attached hydrogens (tertiary/aromatic N) is 2. The lowest BCUT2D eigenvalue weighted by atomic mass is 10.1. The first-order chi connectivity index (χ1) is 13.5. The Hall–Kier alpha value is -3.41. The van der Waals surface area contributed by atoms with Gasteiger partial charge in [-0.05, 0) is 62.2 Å². The van der Waals surface area contributed by atoms with Gasteiger partial charge in [0.15, 0.2) is 0 Å². The molecule has 2 aromatic carbocycles. The van der Waals surface area contributed by atoms with Crippen LogP contribution in [0.4, 0.5) is 17.3 Å². The standard InChI is InChI=1S/C22H24N4O2/c1-4-16-5-7-18(8-6-16)25-21(27)17-13-23-22(24-14-17)26-19-9-11-20(12-10-19)28-15(2)3/h5-15H,4H2,1-3H3,(H,25,27)(H,23,24,26). The Balaban J connectivity index is 1.60. The molecule has 3 rings (SSSR count). The van der Waals surface area contributed by atoms with Crippen molar-refractivity contribution in [1.29, 1.82) is 0 Å². The summed E-state index contributed by atoms with van der Waals surface area (Å²) in [4.78, 5) is 20.8. The molecule has 0 saturated heterocycles. The molecule has 0 aliphatic carbocycles. The van der Waals surface area contributed by atoms with Gasteiger partial charge in [-0.1, -0.05) is 19.1 Å². The lowest BCUT2D eigenvalue weighted by molar-refractivity contribution is 0.102. The fraction of sp³-hybridized carbons (Fsp3) is 0.227. The van der Waals surface area contributed by atoms with Crippen molar-refractivity contribution in [2.24, 2.45) is 0 Å². The number of carbonyl (C=O) groups is 1. The molecule has 6 heteroatoms. The van der Waals surface area contributed by atoms with E-state index in [1.54, 1.807) is 0 Å². The fourth-order valence-corrected chi connectivity index (χ4v) is 2.55. The number of aryl methyl sites for hydroxylation is 1. The molecule has 1 aromatic heterocycles. The van der Waals surface area contributed by atoms with Crippen LogP contribution in [-0.2, 0) is 6.42 Å². The normalized spacial score (nSPS) is 10.6. The highest BCUT2D eigenvalue weighted by Crippen LogP contribution is 2.19. The van der Waals surface area contributed by atoms with Crippen LogP contribution in [0.3, 0.4) is 0 Å². The molecule has 1 amide bonds. The van der Waals surface area contributed by atoms with E-state index in [2.05, 4.69) is 27.5 Å². The minimum atomic E-state index is -0.244. The van der Waals surface area contributed by atoms with E-state index >= 15 is 0 Å². The van der Waals surface area contributed by atoms with Crippen molar-refractivity contribution in [3.8, 4) is 5.75 Å². The second-order valence-electron chi connectivity index (χ2n) is 6.62. The molecule has 0 saturated carbocycles. The SMILES string of the molecule is CCc1ccc(NC(=O)c2cnc(Nc3ccc(OC(C)C)cc3)nc2)cc1. The lowest BCUT2D eigenvalue weighted by Gasteiger charge is -2.10. The van der Waals surface area contributed by atoms with Gasteiger partial charge in [0, 0.05) is 23.8 Å². The summed E-state index contributed by atoms with van der Waals surface area (Å²) in [5.74, 6) is 0.979. The van der Waals surface area contributed by atoms with E-state index in [4.69, 9.17) is 4.74 Å². The van der Waals surface area contributed by atoms with E-state index in [1.807, 2.05) is 62.4 Å². The zero-order valence-electron chi connectivity index (χ0n) is 16.3. The molecule has 28 heavy (non-hydrogen) atoms. The van der Waals surface area contributed by atoms with Gasteiger partial charge >= 0.3 is 0 Å². The van der Waals surface area contributed by atoms with E-state index in [-0.39, 0.29) is 12.0 Å². The summed E-state index contributed by atoms with van der Waals surface area (Å²) in [5.41, 5.74) is 3.20. The van der Waals surface area contributed by atoms with Crippen LogP contribution >= 0.6 is 0 Å². The molecule has 6 nitrogen and oxygen atoms in total. The summed E-state index contributed by atoms with van der Waals surface area (Å²) in [6.07, 6.45) is 4.09. The minimum absolute atomic E-state index is 0.130. The molecule has 0 aliphatic rings. The second kappa shape index (κ2) is 8.99. The maximum atomic E-state index is 12.3. The average molecular weight is 376 g/mol. The Bertz CT molecular complexity index is 905. The third-order valence-corrected chi connectivity index (χ3v) is 4.02. The molecule has 0 atom stereocenters. The minimum Gasteiger partial charge on any atom is -0.491 e. The van der Waals surface area contributed by atoms with Crippen LogP contribution in [0.2, 0.25) is 0 Å². The molecule has 0 unspecified atom stereocenters. The summed E-state index contributed by atoms with van der Waals surface area (Å²) >= 11 is 0. The van der Waals surface area contributed by atoms with Gasteiger partial charge in [0.25, 0.3) is 5.91 Å². The summed E-state index contributed by atoms with van der Waals surface area (Å²) in [5, 5.41) is 5.95. The summed E-state index contributed by atoms with van der Waals surface area (Å²) in [6, 6.07) is 15.3. The van der Waals surface area contributed by atoms with Crippen LogP contribution in [0.25, 0.3) is 0 Å². The Kier molecular flexibility index (Phi) is 6.22. The second-order valence-corrected chi connectivity index (χ2v) is 6.62. The number of hydrogen-bond donors (Lipinski definition) is 2. The van der Waals surface area contributed by atoms with Gasteiger partial charge in [0.2, 0.25) is 5.95 Å².